The Morgan fingerprint density at radius 2 is 1.87 bits per heavy atom. The van der Waals surface area contributed by atoms with Crippen LogP contribution >= 0.6 is 11.3 Å². The summed E-state index contributed by atoms with van der Waals surface area (Å²) in [4.78, 5) is 30.5. The minimum absolute atomic E-state index is 0.0545. The number of amides is 2. The molecule has 0 aliphatic carbocycles. The van der Waals surface area contributed by atoms with Gasteiger partial charge >= 0.3 is 0 Å². The first kappa shape index (κ1) is 21.8. The lowest BCUT2D eigenvalue weighted by Crippen LogP contribution is -2.46. The van der Waals surface area contributed by atoms with Crippen LogP contribution in [-0.4, -0.2) is 34.2 Å². The molecule has 1 atom stereocenters. The van der Waals surface area contributed by atoms with Gasteiger partial charge in [-0.1, -0.05) is 25.1 Å². The first-order chi connectivity index (χ1) is 14.5. The van der Waals surface area contributed by atoms with Crippen molar-refractivity contribution in [2.75, 3.05) is 6.54 Å². The predicted molar refractivity (Wildman–Crippen MR) is 114 cm³/mol. The summed E-state index contributed by atoms with van der Waals surface area (Å²) in [5.41, 5.74) is 0.828. The lowest BCUT2D eigenvalue weighted by atomic mass is 10.1. The molecule has 0 bridgehead atoms. The first-order valence-electron chi connectivity index (χ1n) is 9.87. The number of furan rings is 1. The number of rotatable bonds is 9. The third-order valence-corrected chi connectivity index (χ3v) is 5.85. The van der Waals surface area contributed by atoms with Gasteiger partial charge in [-0.15, -0.1) is 11.3 Å². The summed E-state index contributed by atoms with van der Waals surface area (Å²) in [5, 5.41) is 1.96. The SMILES string of the molecule is CCC(C)N(CC(=O)N(Cc1ccc(F)cc1)Cc1cccs1)C(=O)c1ccco1. The molecule has 1 aromatic carbocycles. The Hall–Kier alpha value is -2.93. The first-order valence-corrected chi connectivity index (χ1v) is 10.7. The normalized spacial score (nSPS) is 11.8. The van der Waals surface area contributed by atoms with Gasteiger partial charge in [0.25, 0.3) is 5.91 Å². The molecular formula is C23H25FN2O3S. The van der Waals surface area contributed by atoms with E-state index in [9.17, 15) is 14.0 Å². The Bertz CT molecular complexity index is 940. The van der Waals surface area contributed by atoms with Crippen molar-refractivity contribution in [1.29, 1.82) is 0 Å². The summed E-state index contributed by atoms with van der Waals surface area (Å²) >= 11 is 1.57. The number of hydrogen-bond donors (Lipinski definition) is 0. The minimum atomic E-state index is -0.318. The quantitative estimate of drug-likeness (QED) is 0.485. The zero-order chi connectivity index (χ0) is 21.5. The third kappa shape index (κ3) is 5.57. The van der Waals surface area contributed by atoms with Gasteiger partial charge in [-0.25, -0.2) is 4.39 Å². The van der Waals surface area contributed by atoms with Gasteiger partial charge in [-0.3, -0.25) is 9.59 Å². The van der Waals surface area contributed by atoms with Crippen LogP contribution in [0.5, 0.6) is 0 Å². The molecule has 1 unspecified atom stereocenters. The molecule has 0 radical (unpaired) electrons. The fourth-order valence-electron chi connectivity index (χ4n) is 3.07. The number of halogens is 1. The lowest BCUT2D eigenvalue weighted by molar-refractivity contribution is -0.133. The molecule has 5 nitrogen and oxygen atoms in total. The van der Waals surface area contributed by atoms with Gasteiger partial charge in [0.2, 0.25) is 5.91 Å². The second kappa shape index (κ2) is 10.2. The van der Waals surface area contributed by atoms with Crippen molar-refractivity contribution in [1.82, 2.24) is 9.80 Å². The molecule has 0 saturated carbocycles. The number of carbonyl (C=O) groups excluding carboxylic acids is 2. The maximum Gasteiger partial charge on any atom is 0.290 e. The highest BCUT2D eigenvalue weighted by molar-refractivity contribution is 7.09. The topological polar surface area (TPSA) is 53.8 Å². The Morgan fingerprint density at radius 1 is 1.10 bits per heavy atom. The third-order valence-electron chi connectivity index (χ3n) is 4.99. The van der Waals surface area contributed by atoms with E-state index in [2.05, 4.69) is 0 Å². The molecular weight excluding hydrogens is 403 g/mol. The van der Waals surface area contributed by atoms with Gasteiger partial charge < -0.3 is 14.2 Å². The van der Waals surface area contributed by atoms with Crippen LogP contribution in [0.4, 0.5) is 4.39 Å². The molecule has 30 heavy (non-hydrogen) atoms. The number of thiophene rings is 1. The molecule has 0 spiro atoms. The fraction of sp³-hybridized carbons (Fsp3) is 0.304. The Labute approximate surface area is 179 Å². The van der Waals surface area contributed by atoms with E-state index in [0.29, 0.717) is 19.5 Å². The maximum atomic E-state index is 13.3. The van der Waals surface area contributed by atoms with Crippen LogP contribution in [0, 0.1) is 5.82 Å². The fourth-order valence-corrected chi connectivity index (χ4v) is 3.79. The summed E-state index contributed by atoms with van der Waals surface area (Å²) in [6, 6.07) is 13.1. The molecule has 0 aliphatic heterocycles. The van der Waals surface area contributed by atoms with Crippen LogP contribution in [-0.2, 0) is 17.9 Å². The van der Waals surface area contributed by atoms with Crippen LogP contribution in [0.3, 0.4) is 0 Å². The van der Waals surface area contributed by atoms with Crippen molar-refractivity contribution in [3.63, 3.8) is 0 Å². The summed E-state index contributed by atoms with van der Waals surface area (Å²) in [5.74, 6) is -0.582. The summed E-state index contributed by atoms with van der Waals surface area (Å²) in [7, 11) is 0. The van der Waals surface area contributed by atoms with Crippen LogP contribution in [0.15, 0.2) is 64.6 Å². The predicted octanol–water partition coefficient (Wildman–Crippen LogP) is 4.95. The molecule has 3 aromatic rings. The Morgan fingerprint density at radius 3 is 2.47 bits per heavy atom. The average molecular weight is 429 g/mol. The van der Waals surface area contributed by atoms with Crippen molar-refractivity contribution in [2.45, 2.75) is 39.4 Å². The van der Waals surface area contributed by atoms with E-state index in [1.54, 1.807) is 45.4 Å². The second-order valence-corrected chi connectivity index (χ2v) is 8.16. The van der Waals surface area contributed by atoms with E-state index in [0.717, 1.165) is 10.4 Å². The molecule has 2 aromatic heterocycles. The number of hydrogen-bond acceptors (Lipinski definition) is 4. The number of benzene rings is 1. The van der Waals surface area contributed by atoms with Gasteiger partial charge in [0, 0.05) is 17.5 Å². The molecule has 0 fully saturated rings. The van der Waals surface area contributed by atoms with Gasteiger partial charge in [0.15, 0.2) is 5.76 Å². The number of nitrogens with zero attached hydrogens (tertiary/aromatic N) is 2. The zero-order valence-corrected chi connectivity index (χ0v) is 17.9. The van der Waals surface area contributed by atoms with Gasteiger partial charge in [-0.2, -0.15) is 0 Å². The summed E-state index contributed by atoms with van der Waals surface area (Å²) < 4.78 is 18.5. The molecule has 7 heteroatoms. The van der Waals surface area contributed by atoms with Gasteiger partial charge in [-0.05, 0) is 54.6 Å². The maximum absolute atomic E-state index is 13.3. The molecule has 158 valence electrons. The summed E-state index contributed by atoms with van der Waals surface area (Å²) in [6.07, 6.45) is 2.16. The Balaban J connectivity index is 1.80. The summed E-state index contributed by atoms with van der Waals surface area (Å²) in [6.45, 7) is 4.59. The van der Waals surface area contributed by atoms with Crippen molar-refractivity contribution >= 4 is 23.2 Å². The molecule has 3 rings (SSSR count). The van der Waals surface area contributed by atoms with Crippen molar-refractivity contribution in [3.8, 4) is 0 Å². The van der Waals surface area contributed by atoms with E-state index in [-0.39, 0.29) is 36.0 Å². The van der Waals surface area contributed by atoms with E-state index in [4.69, 9.17) is 4.42 Å². The average Bonchev–Trinajstić information content (AvgIpc) is 3.46. The molecule has 0 saturated heterocycles. The van der Waals surface area contributed by atoms with Gasteiger partial charge in [0.1, 0.15) is 12.4 Å². The second-order valence-electron chi connectivity index (χ2n) is 7.12. The molecule has 2 amide bonds. The van der Waals surface area contributed by atoms with Gasteiger partial charge in [0.05, 0.1) is 12.8 Å². The lowest BCUT2D eigenvalue weighted by Gasteiger charge is -2.30. The zero-order valence-electron chi connectivity index (χ0n) is 17.1. The minimum Gasteiger partial charge on any atom is -0.459 e. The van der Waals surface area contributed by atoms with Crippen LogP contribution in [0.2, 0.25) is 0 Å². The Kier molecular flexibility index (Phi) is 7.41. The molecule has 0 aliphatic rings. The standard InChI is InChI=1S/C23H25FN2O3S/c1-3-17(2)26(23(28)21-7-4-12-29-21)16-22(27)25(15-20-6-5-13-30-20)14-18-8-10-19(24)11-9-18/h4-13,17H,3,14-16H2,1-2H3. The molecule has 2 heterocycles. The highest BCUT2D eigenvalue weighted by atomic mass is 32.1. The smallest absolute Gasteiger partial charge is 0.290 e. The monoisotopic (exact) mass is 428 g/mol. The van der Waals surface area contributed by atoms with Crippen LogP contribution in [0.25, 0.3) is 0 Å². The van der Waals surface area contributed by atoms with Crippen molar-refractivity contribution < 1.29 is 18.4 Å². The van der Waals surface area contributed by atoms with Crippen molar-refractivity contribution in [3.05, 3.63) is 82.2 Å². The van der Waals surface area contributed by atoms with E-state index in [1.807, 2.05) is 31.4 Å². The van der Waals surface area contributed by atoms with Crippen LogP contribution < -0.4 is 0 Å². The van der Waals surface area contributed by atoms with Crippen LogP contribution in [0.1, 0.15) is 41.3 Å². The van der Waals surface area contributed by atoms with E-state index >= 15 is 0 Å². The van der Waals surface area contributed by atoms with Crippen molar-refractivity contribution in [2.24, 2.45) is 0 Å². The van der Waals surface area contributed by atoms with E-state index in [1.165, 1.54) is 18.4 Å². The number of carbonyl (C=O) groups is 2. The highest BCUT2D eigenvalue weighted by Crippen LogP contribution is 2.17. The highest BCUT2D eigenvalue weighted by Gasteiger charge is 2.27. The van der Waals surface area contributed by atoms with E-state index < -0.39 is 0 Å². The largest absolute Gasteiger partial charge is 0.459 e. The molecule has 0 N–H and O–H groups in total.